The zero-order chi connectivity index (χ0) is 23.5. The first kappa shape index (κ1) is 21.8. The second-order valence-electron chi connectivity index (χ2n) is 7.61. The monoisotopic (exact) mass is 472 g/mol. The van der Waals surface area contributed by atoms with Crippen LogP contribution >= 0.6 is 11.6 Å². The lowest BCUT2D eigenvalue weighted by Crippen LogP contribution is -2.11. The molecule has 34 heavy (non-hydrogen) atoms. The summed E-state index contributed by atoms with van der Waals surface area (Å²) in [5, 5.41) is 3.54. The van der Waals surface area contributed by atoms with Gasteiger partial charge in [0.05, 0.1) is 17.6 Å². The van der Waals surface area contributed by atoms with Crippen molar-refractivity contribution in [3.8, 4) is 22.9 Å². The van der Waals surface area contributed by atoms with Crippen LogP contribution in [-0.2, 0) is 11.3 Å². The number of rotatable bonds is 7. The molecule has 3 aromatic heterocycles. The number of anilines is 1. The molecule has 0 saturated heterocycles. The van der Waals surface area contributed by atoms with E-state index in [1.807, 2.05) is 41.1 Å². The molecule has 0 unspecified atom stereocenters. The average molecular weight is 473 g/mol. The smallest absolute Gasteiger partial charge is 0.255 e. The summed E-state index contributed by atoms with van der Waals surface area (Å²) in [4.78, 5) is 29.5. The molecule has 0 saturated carbocycles. The minimum Gasteiger partial charge on any atom is -0.383 e. The zero-order valence-electron chi connectivity index (χ0n) is 18.3. The van der Waals surface area contributed by atoms with Crippen LogP contribution in [0.1, 0.15) is 10.4 Å². The van der Waals surface area contributed by atoms with Gasteiger partial charge >= 0.3 is 0 Å². The second kappa shape index (κ2) is 9.46. The number of aromatic nitrogens is 5. The Hall–Kier alpha value is -4.01. The number of carbonyl (C=O) groups is 1. The lowest BCUT2D eigenvalue weighted by atomic mass is 10.2. The number of hydrogen-bond acceptors (Lipinski definition) is 5. The fraction of sp³-hybridized carbons (Fsp3) is 0.120. The van der Waals surface area contributed by atoms with Crippen molar-refractivity contribution >= 4 is 34.2 Å². The Morgan fingerprint density at radius 2 is 1.88 bits per heavy atom. The van der Waals surface area contributed by atoms with Crippen LogP contribution < -0.4 is 5.32 Å². The molecule has 2 N–H and O–H groups in total. The van der Waals surface area contributed by atoms with Crippen LogP contribution in [0.2, 0.25) is 5.02 Å². The molecule has 0 spiro atoms. The lowest BCUT2D eigenvalue weighted by molar-refractivity contribution is 0.102. The van der Waals surface area contributed by atoms with Crippen LogP contribution in [0.25, 0.3) is 33.9 Å². The van der Waals surface area contributed by atoms with Gasteiger partial charge in [-0.15, -0.1) is 0 Å². The first-order chi connectivity index (χ1) is 16.6. The van der Waals surface area contributed by atoms with Crippen molar-refractivity contribution in [2.75, 3.05) is 19.0 Å². The molecule has 9 heteroatoms. The van der Waals surface area contributed by atoms with E-state index in [0.29, 0.717) is 46.5 Å². The lowest BCUT2D eigenvalue weighted by Gasteiger charge is -2.08. The predicted molar refractivity (Wildman–Crippen MR) is 132 cm³/mol. The van der Waals surface area contributed by atoms with E-state index < -0.39 is 0 Å². The highest BCUT2D eigenvalue weighted by atomic mass is 35.5. The predicted octanol–water partition coefficient (Wildman–Crippen LogP) is 5.04. The van der Waals surface area contributed by atoms with Gasteiger partial charge in [-0.3, -0.25) is 9.78 Å². The number of nitrogens with zero attached hydrogens (tertiary/aromatic N) is 4. The van der Waals surface area contributed by atoms with Crippen LogP contribution in [0.5, 0.6) is 0 Å². The number of nitrogens with one attached hydrogen (secondary N) is 2. The van der Waals surface area contributed by atoms with Crippen molar-refractivity contribution in [3.63, 3.8) is 0 Å². The number of pyridine rings is 1. The van der Waals surface area contributed by atoms with E-state index in [4.69, 9.17) is 26.3 Å². The number of benzene rings is 2. The van der Waals surface area contributed by atoms with Crippen molar-refractivity contribution < 1.29 is 9.53 Å². The van der Waals surface area contributed by atoms with Crippen molar-refractivity contribution in [1.82, 2.24) is 24.5 Å². The molecule has 3 heterocycles. The molecular weight excluding hydrogens is 452 g/mol. The SMILES string of the molecule is COCCn1c(-c2c[nH]c(-c3ccc(Cl)cc3)n2)nc2cc(C(=O)Nc3ccncc3)ccc21. The summed E-state index contributed by atoms with van der Waals surface area (Å²) < 4.78 is 7.36. The molecular formula is C25H21ClN6O2. The molecule has 0 fully saturated rings. The summed E-state index contributed by atoms with van der Waals surface area (Å²) in [6, 6.07) is 16.4. The number of aromatic amines is 1. The number of imidazole rings is 2. The van der Waals surface area contributed by atoms with Gasteiger partial charge in [-0.25, -0.2) is 9.97 Å². The Labute approximate surface area is 200 Å². The molecule has 0 aliphatic carbocycles. The van der Waals surface area contributed by atoms with Crippen molar-refractivity contribution in [1.29, 1.82) is 0 Å². The standard InChI is InChI=1S/C25H21ClN6O2/c1-34-13-12-32-22-7-4-17(25(33)29-19-8-10-27-11-9-19)14-20(22)31-24(32)21-15-28-23(30-21)16-2-5-18(26)6-3-16/h2-11,14-15H,12-13H2,1H3,(H,28,30)(H,27,29,33). The average Bonchev–Trinajstić information content (AvgIpc) is 3.48. The number of halogens is 1. The number of H-pyrrole nitrogens is 1. The number of ether oxygens (including phenoxy) is 1. The van der Waals surface area contributed by atoms with Gasteiger partial charge in [-0.2, -0.15) is 0 Å². The Morgan fingerprint density at radius 1 is 1.09 bits per heavy atom. The largest absolute Gasteiger partial charge is 0.383 e. The quantitative estimate of drug-likeness (QED) is 0.346. The minimum atomic E-state index is -0.217. The summed E-state index contributed by atoms with van der Waals surface area (Å²) >= 11 is 6.01. The van der Waals surface area contributed by atoms with Crippen LogP contribution in [0.4, 0.5) is 5.69 Å². The molecule has 0 aliphatic rings. The van der Waals surface area contributed by atoms with Gasteiger partial charge < -0.3 is 19.6 Å². The van der Waals surface area contributed by atoms with E-state index in [2.05, 4.69) is 15.3 Å². The topological polar surface area (TPSA) is 97.7 Å². The Balaban J connectivity index is 1.51. The Bertz CT molecular complexity index is 1440. The molecule has 0 radical (unpaired) electrons. The maximum absolute atomic E-state index is 12.8. The third-order valence-corrected chi connectivity index (χ3v) is 5.64. The molecule has 5 aromatic rings. The molecule has 0 atom stereocenters. The van der Waals surface area contributed by atoms with E-state index in [1.165, 1.54) is 0 Å². The highest BCUT2D eigenvalue weighted by Gasteiger charge is 2.17. The summed E-state index contributed by atoms with van der Waals surface area (Å²) in [6.45, 7) is 1.10. The molecule has 5 rings (SSSR count). The Kier molecular flexibility index (Phi) is 6.07. The van der Waals surface area contributed by atoms with Crippen LogP contribution in [0.15, 0.2) is 73.2 Å². The molecule has 0 aliphatic heterocycles. The normalized spacial score (nSPS) is 11.1. The molecule has 170 valence electrons. The summed E-state index contributed by atoms with van der Waals surface area (Å²) in [7, 11) is 1.66. The summed E-state index contributed by atoms with van der Waals surface area (Å²) in [6.07, 6.45) is 5.08. The van der Waals surface area contributed by atoms with Gasteiger partial charge in [0.2, 0.25) is 0 Å². The van der Waals surface area contributed by atoms with E-state index in [1.54, 1.807) is 43.8 Å². The zero-order valence-corrected chi connectivity index (χ0v) is 19.1. The van der Waals surface area contributed by atoms with Crippen LogP contribution in [-0.4, -0.2) is 44.1 Å². The minimum absolute atomic E-state index is 0.217. The van der Waals surface area contributed by atoms with Gasteiger partial charge in [0, 0.05) is 54.1 Å². The molecule has 0 bridgehead atoms. The number of carbonyl (C=O) groups excluding carboxylic acids is 1. The fourth-order valence-corrected chi connectivity index (χ4v) is 3.83. The maximum atomic E-state index is 12.8. The van der Waals surface area contributed by atoms with Gasteiger partial charge in [0.1, 0.15) is 11.5 Å². The first-order valence-corrected chi connectivity index (χ1v) is 11.0. The third-order valence-electron chi connectivity index (χ3n) is 5.39. The van der Waals surface area contributed by atoms with Crippen LogP contribution in [0, 0.1) is 0 Å². The molecule has 2 aromatic carbocycles. The van der Waals surface area contributed by atoms with Crippen molar-refractivity contribution in [2.24, 2.45) is 0 Å². The third kappa shape index (κ3) is 4.41. The summed E-state index contributed by atoms with van der Waals surface area (Å²) in [5.41, 5.74) is 4.40. The van der Waals surface area contributed by atoms with Crippen molar-refractivity contribution in [2.45, 2.75) is 6.54 Å². The van der Waals surface area contributed by atoms with Gasteiger partial charge in [0.15, 0.2) is 5.82 Å². The highest BCUT2D eigenvalue weighted by Crippen LogP contribution is 2.27. The van der Waals surface area contributed by atoms with E-state index >= 15 is 0 Å². The molecule has 8 nitrogen and oxygen atoms in total. The van der Waals surface area contributed by atoms with Gasteiger partial charge in [0.25, 0.3) is 5.91 Å². The van der Waals surface area contributed by atoms with E-state index in [-0.39, 0.29) is 5.91 Å². The maximum Gasteiger partial charge on any atom is 0.255 e. The van der Waals surface area contributed by atoms with E-state index in [9.17, 15) is 4.79 Å². The number of amides is 1. The van der Waals surface area contributed by atoms with E-state index in [0.717, 1.165) is 16.9 Å². The van der Waals surface area contributed by atoms with Gasteiger partial charge in [-0.1, -0.05) is 11.6 Å². The fourth-order valence-electron chi connectivity index (χ4n) is 3.71. The highest BCUT2D eigenvalue weighted by molar-refractivity contribution is 6.30. The van der Waals surface area contributed by atoms with Crippen LogP contribution in [0.3, 0.4) is 0 Å². The molecule has 1 amide bonds. The summed E-state index contributed by atoms with van der Waals surface area (Å²) in [5.74, 6) is 1.19. The number of methoxy groups -OCH3 is 1. The number of fused-ring (bicyclic) bond motifs is 1. The second-order valence-corrected chi connectivity index (χ2v) is 8.05. The van der Waals surface area contributed by atoms with Crippen molar-refractivity contribution in [3.05, 3.63) is 83.8 Å². The first-order valence-electron chi connectivity index (χ1n) is 10.6. The van der Waals surface area contributed by atoms with Gasteiger partial charge in [-0.05, 0) is 54.6 Å². The number of hydrogen-bond donors (Lipinski definition) is 2. The Morgan fingerprint density at radius 3 is 2.65 bits per heavy atom.